The zero-order valence-corrected chi connectivity index (χ0v) is 12.1. The number of pyridine rings is 1. The first-order chi connectivity index (χ1) is 10.1. The van der Waals surface area contributed by atoms with Crippen molar-refractivity contribution in [1.82, 2.24) is 25.0 Å². The number of hydrogen-bond acceptors (Lipinski definition) is 6. The van der Waals surface area contributed by atoms with Crippen LogP contribution in [0.4, 0.5) is 0 Å². The second kappa shape index (κ2) is 5.06. The molecule has 0 spiro atoms. The summed E-state index contributed by atoms with van der Waals surface area (Å²) < 4.78 is 1.46. The molecule has 0 aromatic carbocycles. The molecule has 0 aliphatic rings. The van der Waals surface area contributed by atoms with Crippen molar-refractivity contribution in [2.24, 2.45) is 0 Å². The maximum atomic E-state index is 11.4. The Bertz CT molecular complexity index is 790. The predicted molar refractivity (Wildman–Crippen MR) is 76.7 cm³/mol. The van der Waals surface area contributed by atoms with Crippen molar-refractivity contribution in [2.45, 2.75) is 13.8 Å². The number of aromatic nitrogens is 5. The zero-order chi connectivity index (χ0) is 15.0. The van der Waals surface area contributed by atoms with Crippen LogP contribution in [0.2, 0.25) is 0 Å². The lowest BCUT2D eigenvalue weighted by molar-refractivity contribution is 0.0691. The fourth-order valence-corrected chi connectivity index (χ4v) is 2.74. The summed E-state index contributed by atoms with van der Waals surface area (Å²) in [5.41, 5.74) is 1.87. The van der Waals surface area contributed by atoms with Crippen LogP contribution in [0.3, 0.4) is 0 Å². The molecule has 0 aliphatic heterocycles. The van der Waals surface area contributed by atoms with E-state index in [1.165, 1.54) is 16.0 Å². The van der Waals surface area contributed by atoms with Crippen molar-refractivity contribution >= 4 is 17.3 Å². The van der Waals surface area contributed by atoms with Crippen LogP contribution in [-0.4, -0.2) is 36.0 Å². The van der Waals surface area contributed by atoms with Crippen LogP contribution in [0.15, 0.2) is 24.5 Å². The van der Waals surface area contributed by atoms with Crippen molar-refractivity contribution in [3.05, 3.63) is 40.8 Å². The van der Waals surface area contributed by atoms with E-state index in [1.54, 1.807) is 24.5 Å². The summed E-state index contributed by atoms with van der Waals surface area (Å²) in [6.45, 7) is 3.86. The van der Waals surface area contributed by atoms with Gasteiger partial charge in [-0.1, -0.05) is 16.6 Å². The lowest BCUT2D eigenvalue weighted by Crippen LogP contribution is -2.03. The highest BCUT2D eigenvalue weighted by Crippen LogP contribution is 2.28. The predicted octanol–water partition coefficient (Wildman–Crippen LogP) is 2.10. The molecule has 0 atom stereocenters. The molecule has 3 rings (SSSR count). The Labute approximate surface area is 123 Å². The maximum absolute atomic E-state index is 11.4. The lowest BCUT2D eigenvalue weighted by atomic mass is 10.1. The van der Waals surface area contributed by atoms with Crippen LogP contribution < -0.4 is 0 Å². The van der Waals surface area contributed by atoms with Gasteiger partial charge in [0.1, 0.15) is 5.69 Å². The molecule has 3 heterocycles. The molecule has 3 aromatic heterocycles. The van der Waals surface area contributed by atoms with Crippen molar-refractivity contribution < 1.29 is 9.90 Å². The molecule has 3 aromatic rings. The van der Waals surface area contributed by atoms with Gasteiger partial charge in [-0.25, -0.2) is 9.78 Å². The average molecular weight is 301 g/mol. The SMILES string of the molecule is Cc1nc(-n2nnc(C(=O)O)c2-c2ccncc2)sc1C. The average Bonchev–Trinajstić information content (AvgIpc) is 3.04. The van der Waals surface area contributed by atoms with Crippen molar-refractivity contribution in [2.75, 3.05) is 0 Å². The molecule has 0 saturated carbocycles. The molecule has 0 bridgehead atoms. The summed E-state index contributed by atoms with van der Waals surface area (Å²) in [7, 11) is 0. The summed E-state index contributed by atoms with van der Waals surface area (Å²) in [5.74, 6) is -1.13. The van der Waals surface area contributed by atoms with Crippen LogP contribution in [0.25, 0.3) is 16.4 Å². The van der Waals surface area contributed by atoms with E-state index in [0.29, 0.717) is 16.4 Å². The second-order valence-electron chi connectivity index (χ2n) is 4.38. The van der Waals surface area contributed by atoms with E-state index in [2.05, 4.69) is 20.3 Å². The minimum atomic E-state index is -1.13. The molecule has 7 nitrogen and oxygen atoms in total. The van der Waals surface area contributed by atoms with Gasteiger partial charge in [-0.3, -0.25) is 4.98 Å². The zero-order valence-electron chi connectivity index (χ0n) is 11.3. The van der Waals surface area contributed by atoms with Crippen LogP contribution in [0, 0.1) is 13.8 Å². The Morgan fingerprint density at radius 2 is 2.00 bits per heavy atom. The van der Waals surface area contributed by atoms with E-state index in [0.717, 1.165) is 10.6 Å². The Morgan fingerprint density at radius 1 is 1.29 bits per heavy atom. The summed E-state index contributed by atoms with van der Waals surface area (Å²) in [4.78, 5) is 20.8. The highest BCUT2D eigenvalue weighted by atomic mass is 32.1. The van der Waals surface area contributed by atoms with Gasteiger partial charge >= 0.3 is 5.97 Å². The quantitative estimate of drug-likeness (QED) is 0.796. The molecule has 21 heavy (non-hydrogen) atoms. The highest BCUT2D eigenvalue weighted by Gasteiger charge is 2.23. The number of hydrogen-bond donors (Lipinski definition) is 1. The first kappa shape index (κ1) is 13.4. The molecule has 0 saturated heterocycles. The number of nitrogens with zero attached hydrogens (tertiary/aromatic N) is 5. The van der Waals surface area contributed by atoms with Crippen LogP contribution in [-0.2, 0) is 0 Å². The number of carboxylic acid groups (broad SMARTS) is 1. The Balaban J connectivity index is 2.25. The molecule has 0 aliphatic carbocycles. The van der Waals surface area contributed by atoms with Crippen molar-refractivity contribution in [3.63, 3.8) is 0 Å². The number of rotatable bonds is 3. The van der Waals surface area contributed by atoms with Gasteiger partial charge in [-0.05, 0) is 26.0 Å². The standard InChI is InChI=1S/C13H11N5O2S/c1-7-8(2)21-13(15-7)18-11(9-3-5-14-6-4-9)10(12(19)20)16-17-18/h3-6H,1-2H3,(H,19,20). The van der Waals surface area contributed by atoms with Gasteiger partial charge < -0.3 is 5.11 Å². The van der Waals surface area contributed by atoms with Gasteiger partial charge in [-0.2, -0.15) is 4.68 Å². The molecular formula is C13H11N5O2S. The smallest absolute Gasteiger partial charge is 0.358 e. The Morgan fingerprint density at radius 3 is 2.57 bits per heavy atom. The van der Waals surface area contributed by atoms with Gasteiger partial charge in [0.05, 0.1) is 5.69 Å². The monoisotopic (exact) mass is 301 g/mol. The number of thiazole rings is 1. The first-order valence-electron chi connectivity index (χ1n) is 6.11. The minimum Gasteiger partial charge on any atom is -0.476 e. The van der Waals surface area contributed by atoms with Gasteiger partial charge in [0.15, 0.2) is 5.69 Å². The largest absolute Gasteiger partial charge is 0.476 e. The van der Waals surface area contributed by atoms with Crippen molar-refractivity contribution in [1.29, 1.82) is 0 Å². The minimum absolute atomic E-state index is 0.105. The van der Waals surface area contributed by atoms with Crippen LogP contribution >= 0.6 is 11.3 Å². The molecule has 106 valence electrons. The van der Waals surface area contributed by atoms with Gasteiger partial charge in [0.2, 0.25) is 5.13 Å². The third-order valence-electron chi connectivity index (χ3n) is 3.03. The number of carbonyl (C=O) groups is 1. The van der Waals surface area contributed by atoms with Gasteiger partial charge in [-0.15, -0.1) is 5.10 Å². The Hall–Kier alpha value is -2.61. The molecular weight excluding hydrogens is 290 g/mol. The summed E-state index contributed by atoms with van der Waals surface area (Å²) >= 11 is 1.44. The Kier molecular flexibility index (Phi) is 3.22. The van der Waals surface area contributed by atoms with Crippen LogP contribution in [0.5, 0.6) is 0 Å². The topological polar surface area (TPSA) is 93.8 Å². The summed E-state index contributed by atoms with van der Waals surface area (Å²) in [5, 5.41) is 17.6. The molecule has 1 N–H and O–H groups in total. The normalized spacial score (nSPS) is 10.8. The molecule has 0 unspecified atom stereocenters. The number of aryl methyl sites for hydroxylation is 2. The number of aromatic carboxylic acids is 1. The van der Waals surface area contributed by atoms with E-state index in [-0.39, 0.29) is 5.69 Å². The molecule has 8 heteroatoms. The summed E-state index contributed by atoms with van der Waals surface area (Å²) in [6.07, 6.45) is 3.19. The maximum Gasteiger partial charge on any atom is 0.358 e. The van der Waals surface area contributed by atoms with E-state index in [4.69, 9.17) is 0 Å². The fourth-order valence-electron chi connectivity index (χ4n) is 1.87. The molecule has 0 radical (unpaired) electrons. The van der Waals surface area contributed by atoms with E-state index >= 15 is 0 Å². The second-order valence-corrected chi connectivity index (χ2v) is 5.56. The first-order valence-corrected chi connectivity index (χ1v) is 6.93. The van der Waals surface area contributed by atoms with E-state index in [1.807, 2.05) is 13.8 Å². The summed E-state index contributed by atoms with van der Waals surface area (Å²) in [6, 6.07) is 3.43. The molecule has 0 fully saturated rings. The highest BCUT2D eigenvalue weighted by molar-refractivity contribution is 7.14. The lowest BCUT2D eigenvalue weighted by Gasteiger charge is -2.03. The third-order valence-corrected chi connectivity index (χ3v) is 4.07. The number of carboxylic acids is 1. The van der Waals surface area contributed by atoms with Crippen LogP contribution in [0.1, 0.15) is 21.1 Å². The van der Waals surface area contributed by atoms with E-state index in [9.17, 15) is 9.90 Å². The van der Waals surface area contributed by atoms with Crippen molar-refractivity contribution in [3.8, 4) is 16.4 Å². The molecule has 0 amide bonds. The van der Waals surface area contributed by atoms with Gasteiger partial charge in [0, 0.05) is 22.8 Å². The third kappa shape index (κ3) is 2.29. The van der Waals surface area contributed by atoms with E-state index < -0.39 is 5.97 Å². The fraction of sp³-hybridized carbons (Fsp3) is 0.154. The van der Waals surface area contributed by atoms with Gasteiger partial charge in [0.25, 0.3) is 0 Å².